The lowest BCUT2D eigenvalue weighted by Crippen LogP contribution is -2.24. The van der Waals surface area contributed by atoms with Crippen molar-refractivity contribution in [2.45, 2.75) is 13.0 Å². The van der Waals surface area contributed by atoms with E-state index < -0.39 is 12.0 Å². The molecule has 32 heavy (non-hydrogen) atoms. The highest BCUT2D eigenvalue weighted by atomic mass is 35.5. The van der Waals surface area contributed by atoms with Gasteiger partial charge in [0, 0.05) is 21.8 Å². The lowest BCUT2D eigenvalue weighted by atomic mass is 10.0. The van der Waals surface area contributed by atoms with Gasteiger partial charge in [0.15, 0.2) is 6.04 Å². The number of benzene rings is 2. The smallest absolute Gasteiger partial charge is 0.333 e. The fourth-order valence-electron chi connectivity index (χ4n) is 2.72. The highest BCUT2D eigenvalue weighted by molar-refractivity contribution is 6.35. The van der Waals surface area contributed by atoms with Gasteiger partial charge in [-0.25, -0.2) is 4.79 Å². The first-order chi connectivity index (χ1) is 14.9. The van der Waals surface area contributed by atoms with Crippen LogP contribution in [0.3, 0.4) is 0 Å². The maximum atomic E-state index is 12.8. The number of nitrogen functional groups attached to an aromatic ring is 1. The summed E-state index contributed by atoms with van der Waals surface area (Å²) >= 11 is 12.6. The normalized spacial score (nSPS) is 11.2. The van der Waals surface area contributed by atoms with Crippen LogP contribution in [0.5, 0.6) is 5.75 Å². The Hall–Kier alpha value is -2.23. The molecule has 0 bridgehead atoms. The van der Waals surface area contributed by atoms with Crippen molar-refractivity contribution in [2.24, 2.45) is 5.73 Å². The second kappa shape index (κ2) is 14.0. The van der Waals surface area contributed by atoms with Crippen LogP contribution >= 0.6 is 35.6 Å². The molecule has 0 saturated heterocycles. The average molecular weight is 507 g/mol. The molecule has 0 aliphatic carbocycles. The van der Waals surface area contributed by atoms with Crippen molar-refractivity contribution < 1.29 is 24.1 Å². The molecule has 0 heterocycles. The number of nitrogens with two attached hydrogens (primary N) is 1. The van der Waals surface area contributed by atoms with Crippen LogP contribution in [0.25, 0.3) is 0 Å². The summed E-state index contributed by atoms with van der Waals surface area (Å²) in [5.74, 6) is -0.336. The van der Waals surface area contributed by atoms with Gasteiger partial charge in [-0.2, -0.15) is 0 Å². The van der Waals surface area contributed by atoms with Crippen LogP contribution < -0.4 is 15.8 Å². The summed E-state index contributed by atoms with van der Waals surface area (Å²) in [5, 5.41) is 20.0. The maximum absolute atomic E-state index is 12.8. The highest BCUT2D eigenvalue weighted by Crippen LogP contribution is 2.38. The fraction of sp³-hybridized carbons (Fsp3) is 0.333. The molecule has 0 aromatic heterocycles. The molecule has 1 unspecified atom stereocenters. The van der Waals surface area contributed by atoms with E-state index in [1.165, 1.54) is 6.07 Å². The molecule has 2 aromatic carbocycles. The van der Waals surface area contributed by atoms with Crippen molar-refractivity contribution in [3.05, 3.63) is 57.6 Å². The highest BCUT2D eigenvalue weighted by Gasteiger charge is 2.27. The summed E-state index contributed by atoms with van der Waals surface area (Å²) in [6.45, 7) is 2.36. The summed E-state index contributed by atoms with van der Waals surface area (Å²) in [6, 6.07) is 8.83. The molecular weight excluding hydrogens is 481 g/mol. The van der Waals surface area contributed by atoms with Crippen molar-refractivity contribution in [3.63, 3.8) is 0 Å². The molecule has 176 valence electrons. The van der Waals surface area contributed by atoms with Gasteiger partial charge < -0.3 is 30.4 Å². The molecule has 0 saturated carbocycles. The van der Waals surface area contributed by atoms with Crippen molar-refractivity contribution in [1.82, 2.24) is 0 Å². The van der Waals surface area contributed by atoms with E-state index >= 15 is 0 Å². The predicted octanol–water partition coefficient (Wildman–Crippen LogP) is 3.80. The Morgan fingerprint density at radius 2 is 1.88 bits per heavy atom. The number of ether oxygens (including phenoxy) is 3. The summed E-state index contributed by atoms with van der Waals surface area (Å²) in [7, 11) is 0. The largest absolute Gasteiger partial charge is 0.489 e. The number of aliphatic hydroxyl groups excluding tert-OH is 1. The van der Waals surface area contributed by atoms with Crippen molar-refractivity contribution in [2.75, 3.05) is 38.4 Å². The number of halogens is 3. The Labute approximate surface area is 202 Å². The number of esters is 1. The third kappa shape index (κ3) is 8.03. The minimum absolute atomic E-state index is 0. The Balaban J connectivity index is 0.00000512. The van der Waals surface area contributed by atoms with E-state index in [1.807, 2.05) is 0 Å². The van der Waals surface area contributed by atoms with Gasteiger partial charge in [0.05, 0.1) is 31.5 Å². The van der Waals surface area contributed by atoms with Gasteiger partial charge in [0.2, 0.25) is 0 Å². The second-order valence-electron chi connectivity index (χ2n) is 6.31. The van der Waals surface area contributed by atoms with Gasteiger partial charge in [-0.15, -0.1) is 12.4 Å². The fourth-order valence-corrected chi connectivity index (χ4v) is 3.28. The summed E-state index contributed by atoms with van der Waals surface area (Å²) in [4.78, 5) is 12.8. The molecule has 0 aliphatic rings. The van der Waals surface area contributed by atoms with Crippen molar-refractivity contribution in [3.8, 4) is 5.75 Å². The van der Waals surface area contributed by atoms with Gasteiger partial charge in [-0.05, 0) is 43.3 Å². The lowest BCUT2D eigenvalue weighted by molar-refractivity contribution is -0.144. The van der Waals surface area contributed by atoms with Crippen molar-refractivity contribution in [1.29, 1.82) is 5.41 Å². The molecule has 2 rings (SSSR count). The maximum Gasteiger partial charge on any atom is 0.333 e. The number of carbonyl (C=O) groups is 1. The van der Waals surface area contributed by atoms with E-state index in [9.17, 15) is 4.79 Å². The first-order valence-electron chi connectivity index (χ1n) is 9.55. The molecule has 0 amide bonds. The molecule has 1 atom stereocenters. The molecular formula is C21H26Cl3N3O5. The zero-order chi connectivity index (χ0) is 22.8. The molecule has 0 spiro atoms. The summed E-state index contributed by atoms with van der Waals surface area (Å²) in [5.41, 5.74) is 7.04. The van der Waals surface area contributed by atoms with Gasteiger partial charge in [-0.3, -0.25) is 5.41 Å². The molecule has 0 aliphatic heterocycles. The number of aliphatic hydroxyl groups is 1. The summed E-state index contributed by atoms with van der Waals surface area (Å²) < 4.78 is 16.2. The van der Waals surface area contributed by atoms with Gasteiger partial charge >= 0.3 is 5.97 Å². The molecule has 0 fully saturated rings. The zero-order valence-electron chi connectivity index (χ0n) is 17.4. The van der Waals surface area contributed by atoms with E-state index in [1.54, 1.807) is 37.3 Å². The van der Waals surface area contributed by atoms with Gasteiger partial charge in [-0.1, -0.05) is 23.2 Å². The summed E-state index contributed by atoms with van der Waals surface area (Å²) in [6.07, 6.45) is 0. The van der Waals surface area contributed by atoms with Gasteiger partial charge in [0.1, 0.15) is 18.2 Å². The molecule has 8 nitrogen and oxygen atoms in total. The predicted molar refractivity (Wildman–Crippen MR) is 128 cm³/mol. The minimum Gasteiger partial charge on any atom is -0.489 e. The molecule has 0 radical (unpaired) electrons. The van der Waals surface area contributed by atoms with E-state index in [-0.39, 0.29) is 62.0 Å². The molecule has 11 heteroatoms. The van der Waals surface area contributed by atoms with E-state index in [0.29, 0.717) is 21.8 Å². The van der Waals surface area contributed by atoms with Crippen LogP contribution in [-0.4, -0.2) is 49.9 Å². The number of anilines is 1. The third-order valence-electron chi connectivity index (χ3n) is 4.09. The van der Waals surface area contributed by atoms with Crippen LogP contribution in [0.4, 0.5) is 5.69 Å². The first kappa shape index (κ1) is 27.8. The van der Waals surface area contributed by atoms with Crippen molar-refractivity contribution >= 4 is 53.1 Å². The SMILES string of the molecule is CCOC(=O)C(Nc1ccc(C(=N)N)cc1)c1cc(Cl)cc(Cl)c1OCCOCCO.Cl. The van der Waals surface area contributed by atoms with E-state index in [2.05, 4.69) is 5.32 Å². The third-order valence-corrected chi connectivity index (χ3v) is 4.59. The quantitative estimate of drug-likeness (QED) is 0.149. The second-order valence-corrected chi connectivity index (χ2v) is 7.15. The number of amidine groups is 1. The Bertz CT molecular complexity index is 897. The van der Waals surface area contributed by atoms with E-state index in [0.717, 1.165) is 0 Å². The standard InChI is InChI=1S/C21H25Cl2N3O5.ClH/c1-2-30-21(28)18(26-15-5-3-13(4-6-15)20(24)25)16-11-14(22)12-17(23)19(16)31-10-9-29-8-7-27;/h3-6,11-12,18,26-27H,2,7-10H2,1H3,(H3,24,25);1H. The Morgan fingerprint density at radius 3 is 2.47 bits per heavy atom. The number of hydrogen-bond donors (Lipinski definition) is 4. The van der Waals surface area contributed by atoms with Crippen LogP contribution in [-0.2, 0) is 14.3 Å². The Morgan fingerprint density at radius 1 is 1.19 bits per heavy atom. The number of rotatable bonds is 12. The van der Waals surface area contributed by atoms with Crippen LogP contribution in [0, 0.1) is 5.41 Å². The lowest BCUT2D eigenvalue weighted by Gasteiger charge is -2.23. The number of hydrogen-bond acceptors (Lipinski definition) is 7. The topological polar surface area (TPSA) is 127 Å². The van der Waals surface area contributed by atoms with Gasteiger partial charge in [0.25, 0.3) is 0 Å². The zero-order valence-corrected chi connectivity index (χ0v) is 19.7. The number of nitrogens with one attached hydrogen (secondary N) is 2. The monoisotopic (exact) mass is 505 g/mol. The first-order valence-corrected chi connectivity index (χ1v) is 10.3. The van der Waals surface area contributed by atoms with Crippen LogP contribution in [0.1, 0.15) is 24.1 Å². The van der Waals surface area contributed by atoms with Crippen LogP contribution in [0.15, 0.2) is 36.4 Å². The number of carbonyl (C=O) groups excluding carboxylic acids is 1. The van der Waals surface area contributed by atoms with Crippen LogP contribution in [0.2, 0.25) is 10.0 Å². The molecule has 5 N–H and O–H groups in total. The van der Waals surface area contributed by atoms with E-state index in [4.69, 9.17) is 53.7 Å². The minimum atomic E-state index is -0.965. The Kier molecular flexibility index (Phi) is 12.2. The molecule has 2 aromatic rings. The average Bonchev–Trinajstić information content (AvgIpc) is 2.73.